The molecule has 11 heteroatoms. The molecular weight excluding hydrogens is 449 g/mol. The standard InChI is InChI=1S/C21H22ClF3N4O3/c1-3-26-20(32)13-5-4-6-14(9-13)27-18(30)11-29(2)12-19(31)28-15-7-8-17(22)16(10-15)21(23,24)25/h4-10H,3,11-12H2,1-2H3,(H,26,32)(H,27,30)(H,28,31). The van der Waals surface area contributed by atoms with Gasteiger partial charge >= 0.3 is 6.18 Å². The predicted octanol–water partition coefficient (Wildman–Crippen LogP) is 3.62. The summed E-state index contributed by atoms with van der Waals surface area (Å²) in [6.07, 6.45) is -4.65. The molecule has 3 amide bonds. The van der Waals surface area contributed by atoms with Crippen LogP contribution < -0.4 is 16.0 Å². The third-order valence-electron chi connectivity index (χ3n) is 4.13. The van der Waals surface area contributed by atoms with E-state index < -0.39 is 28.6 Å². The van der Waals surface area contributed by atoms with Crippen molar-refractivity contribution in [3.8, 4) is 0 Å². The Kier molecular flexibility index (Phi) is 8.62. The summed E-state index contributed by atoms with van der Waals surface area (Å²) in [5.74, 6) is -1.30. The third-order valence-corrected chi connectivity index (χ3v) is 4.46. The minimum Gasteiger partial charge on any atom is -0.352 e. The molecule has 0 atom stereocenters. The highest BCUT2D eigenvalue weighted by Crippen LogP contribution is 2.36. The molecule has 3 N–H and O–H groups in total. The number of alkyl halides is 3. The van der Waals surface area contributed by atoms with Crippen LogP contribution in [0, 0.1) is 0 Å². The lowest BCUT2D eigenvalue weighted by molar-refractivity contribution is -0.137. The van der Waals surface area contributed by atoms with Crippen LogP contribution in [0.15, 0.2) is 42.5 Å². The molecular formula is C21H22ClF3N4O3. The molecule has 2 aromatic carbocycles. The molecule has 0 bridgehead atoms. The lowest BCUT2D eigenvalue weighted by atomic mass is 10.2. The number of nitrogens with one attached hydrogen (secondary N) is 3. The lowest BCUT2D eigenvalue weighted by Crippen LogP contribution is -2.36. The number of carbonyl (C=O) groups is 3. The van der Waals surface area contributed by atoms with Crippen LogP contribution in [-0.2, 0) is 15.8 Å². The van der Waals surface area contributed by atoms with Crippen molar-refractivity contribution in [2.45, 2.75) is 13.1 Å². The molecule has 7 nitrogen and oxygen atoms in total. The van der Waals surface area contributed by atoms with Gasteiger partial charge in [0, 0.05) is 23.5 Å². The summed E-state index contributed by atoms with van der Waals surface area (Å²) in [4.78, 5) is 37.7. The Hall–Kier alpha value is -3.11. The van der Waals surface area contributed by atoms with Gasteiger partial charge in [-0.05, 0) is 50.4 Å². The molecule has 172 valence electrons. The van der Waals surface area contributed by atoms with E-state index in [4.69, 9.17) is 11.6 Å². The Morgan fingerprint density at radius 3 is 2.12 bits per heavy atom. The van der Waals surface area contributed by atoms with Crippen LogP contribution in [0.3, 0.4) is 0 Å². The Labute approximate surface area is 187 Å². The quantitative estimate of drug-likeness (QED) is 0.549. The summed E-state index contributed by atoms with van der Waals surface area (Å²) >= 11 is 5.56. The maximum absolute atomic E-state index is 12.9. The van der Waals surface area contributed by atoms with E-state index in [1.807, 2.05) is 0 Å². The van der Waals surface area contributed by atoms with E-state index in [9.17, 15) is 27.6 Å². The molecule has 2 aromatic rings. The zero-order valence-electron chi connectivity index (χ0n) is 17.3. The smallest absolute Gasteiger partial charge is 0.352 e. The first-order valence-electron chi connectivity index (χ1n) is 9.53. The van der Waals surface area contributed by atoms with Crippen molar-refractivity contribution in [2.75, 3.05) is 37.3 Å². The van der Waals surface area contributed by atoms with Gasteiger partial charge in [0.1, 0.15) is 0 Å². The van der Waals surface area contributed by atoms with Crippen molar-refractivity contribution in [3.63, 3.8) is 0 Å². The van der Waals surface area contributed by atoms with Gasteiger partial charge in [0.15, 0.2) is 0 Å². The molecule has 0 aliphatic rings. The molecule has 0 aliphatic carbocycles. The number of anilines is 2. The lowest BCUT2D eigenvalue weighted by Gasteiger charge is -2.17. The van der Waals surface area contributed by atoms with E-state index in [1.54, 1.807) is 25.1 Å². The Bertz CT molecular complexity index is 998. The van der Waals surface area contributed by atoms with E-state index in [1.165, 1.54) is 24.1 Å². The fourth-order valence-corrected chi connectivity index (χ4v) is 2.99. The highest BCUT2D eigenvalue weighted by molar-refractivity contribution is 6.31. The van der Waals surface area contributed by atoms with Gasteiger partial charge in [-0.3, -0.25) is 19.3 Å². The van der Waals surface area contributed by atoms with Gasteiger partial charge in [0.05, 0.1) is 23.7 Å². The Morgan fingerprint density at radius 2 is 1.56 bits per heavy atom. The van der Waals surface area contributed by atoms with E-state index in [2.05, 4.69) is 16.0 Å². The summed E-state index contributed by atoms with van der Waals surface area (Å²) in [6.45, 7) is 1.86. The zero-order valence-corrected chi connectivity index (χ0v) is 18.1. The highest BCUT2D eigenvalue weighted by atomic mass is 35.5. The van der Waals surface area contributed by atoms with Crippen LogP contribution in [0.2, 0.25) is 5.02 Å². The molecule has 0 radical (unpaired) electrons. The van der Waals surface area contributed by atoms with Crippen LogP contribution in [0.5, 0.6) is 0 Å². The van der Waals surface area contributed by atoms with Gasteiger partial charge in [-0.15, -0.1) is 0 Å². The molecule has 0 saturated carbocycles. The summed E-state index contributed by atoms with van der Waals surface area (Å²) in [5.41, 5.74) is -0.317. The van der Waals surface area contributed by atoms with Crippen molar-refractivity contribution in [1.82, 2.24) is 10.2 Å². The topological polar surface area (TPSA) is 90.5 Å². The highest BCUT2D eigenvalue weighted by Gasteiger charge is 2.33. The first kappa shape index (κ1) is 25.2. The van der Waals surface area contributed by atoms with Gasteiger partial charge in [0.25, 0.3) is 5.91 Å². The molecule has 0 aliphatic heterocycles. The minimum atomic E-state index is -4.65. The second-order valence-electron chi connectivity index (χ2n) is 6.90. The number of nitrogens with zero attached hydrogens (tertiary/aromatic N) is 1. The van der Waals surface area contributed by atoms with E-state index in [0.717, 1.165) is 12.1 Å². The van der Waals surface area contributed by atoms with Crippen LogP contribution in [0.1, 0.15) is 22.8 Å². The van der Waals surface area contributed by atoms with Gasteiger partial charge in [-0.1, -0.05) is 17.7 Å². The number of hydrogen-bond acceptors (Lipinski definition) is 4. The van der Waals surface area contributed by atoms with E-state index >= 15 is 0 Å². The van der Waals surface area contributed by atoms with Gasteiger partial charge in [-0.25, -0.2) is 0 Å². The molecule has 0 spiro atoms. The summed E-state index contributed by atoms with van der Waals surface area (Å²) in [5, 5.41) is 7.17. The van der Waals surface area contributed by atoms with Gasteiger partial charge < -0.3 is 16.0 Å². The zero-order chi connectivity index (χ0) is 23.9. The van der Waals surface area contributed by atoms with Crippen molar-refractivity contribution in [1.29, 1.82) is 0 Å². The fraction of sp³-hybridized carbons (Fsp3) is 0.286. The first-order chi connectivity index (χ1) is 15.0. The monoisotopic (exact) mass is 470 g/mol. The number of likely N-dealkylation sites (N-methyl/N-ethyl adjacent to an activating group) is 1. The number of halogens is 4. The van der Waals surface area contributed by atoms with Crippen LogP contribution in [0.25, 0.3) is 0 Å². The first-order valence-corrected chi connectivity index (χ1v) is 9.90. The number of amides is 3. The Balaban J connectivity index is 1.90. The molecule has 0 heterocycles. The fourth-order valence-electron chi connectivity index (χ4n) is 2.77. The molecule has 2 rings (SSSR count). The summed E-state index contributed by atoms with van der Waals surface area (Å²) < 4.78 is 38.8. The molecule has 0 saturated heterocycles. The number of rotatable bonds is 8. The van der Waals surface area contributed by atoms with Crippen LogP contribution in [-0.4, -0.2) is 49.3 Å². The maximum Gasteiger partial charge on any atom is 0.417 e. The largest absolute Gasteiger partial charge is 0.417 e. The number of carbonyl (C=O) groups excluding carboxylic acids is 3. The van der Waals surface area contributed by atoms with Gasteiger partial charge in [-0.2, -0.15) is 13.2 Å². The second-order valence-corrected chi connectivity index (χ2v) is 7.31. The van der Waals surface area contributed by atoms with Crippen molar-refractivity contribution < 1.29 is 27.6 Å². The second kappa shape index (κ2) is 11.0. The maximum atomic E-state index is 12.9. The normalized spacial score (nSPS) is 11.2. The number of benzene rings is 2. The average Bonchev–Trinajstić information content (AvgIpc) is 2.68. The SMILES string of the molecule is CCNC(=O)c1cccc(NC(=O)CN(C)CC(=O)Nc2ccc(Cl)c(C(F)(F)F)c2)c1. The van der Waals surface area contributed by atoms with Crippen LogP contribution >= 0.6 is 11.6 Å². The number of hydrogen-bond donors (Lipinski definition) is 3. The summed E-state index contributed by atoms with van der Waals surface area (Å²) in [7, 11) is 1.51. The van der Waals surface area contributed by atoms with Crippen molar-refractivity contribution in [2.24, 2.45) is 0 Å². The average molecular weight is 471 g/mol. The molecule has 0 fully saturated rings. The van der Waals surface area contributed by atoms with Crippen molar-refractivity contribution >= 4 is 40.7 Å². The molecule has 0 aromatic heterocycles. The van der Waals surface area contributed by atoms with E-state index in [0.29, 0.717) is 17.8 Å². The van der Waals surface area contributed by atoms with Gasteiger partial charge in [0.2, 0.25) is 11.8 Å². The molecule has 32 heavy (non-hydrogen) atoms. The Morgan fingerprint density at radius 1 is 0.969 bits per heavy atom. The van der Waals surface area contributed by atoms with Crippen LogP contribution in [0.4, 0.5) is 24.5 Å². The minimum absolute atomic E-state index is 0.0632. The van der Waals surface area contributed by atoms with Crippen molar-refractivity contribution in [3.05, 3.63) is 58.6 Å². The molecule has 0 unspecified atom stereocenters. The summed E-state index contributed by atoms with van der Waals surface area (Å²) in [6, 6.07) is 9.42. The van der Waals surface area contributed by atoms with E-state index in [-0.39, 0.29) is 24.7 Å². The predicted molar refractivity (Wildman–Crippen MR) is 116 cm³/mol. The third kappa shape index (κ3) is 7.54.